The van der Waals surface area contributed by atoms with Gasteiger partial charge in [0.1, 0.15) is 35.5 Å². The third-order valence-electron chi connectivity index (χ3n) is 26.4. The summed E-state index contributed by atoms with van der Waals surface area (Å²) in [5, 5.41) is 29.9. The number of benzene rings is 4. The molecular weight excluding hydrogens is 1760 g/mol. The number of nitrogens with one attached hydrogen (secondary N) is 4. The summed E-state index contributed by atoms with van der Waals surface area (Å²) in [4.78, 5) is 57.9. The van der Waals surface area contributed by atoms with Gasteiger partial charge in [-0.05, 0) is 201 Å². The van der Waals surface area contributed by atoms with Crippen molar-refractivity contribution in [2.45, 2.75) is 273 Å². The molecule has 8 aromatic rings. The number of carbonyl (C=O) groups excluding carboxylic acids is 4. The Morgan fingerprint density at radius 1 is 0.441 bits per heavy atom. The van der Waals surface area contributed by atoms with Gasteiger partial charge < -0.3 is 67.7 Å². The summed E-state index contributed by atoms with van der Waals surface area (Å²) in [5.41, 5.74) is 2.10. The molecule has 127 heavy (non-hydrogen) atoms. The number of amides is 4. The van der Waals surface area contributed by atoms with Crippen molar-refractivity contribution in [2.24, 2.45) is 0 Å². The van der Waals surface area contributed by atoms with Crippen molar-refractivity contribution >= 4 is 58.4 Å². The fourth-order valence-corrected chi connectivity index (χ4v) is 20.6. The minimum absolute atomic E-state index is 0.00161. The average molecular weight is 1850 g/mol. The van der Waals surface area contributed by atoms with Gasteiger partial charge in [0.2, 0.25) is 29.5 Å². The van der Waals surface area contributed by atoms with Crippen LogP contribution in [0.15, 0.2) is 113 Å². The van der Waals surface area contributed by atoms with Gasteiger partial charge in [0.05, 0.1) is 81.5 Å². The van der Waals surface area contributed by atoms with Crippen LogP contribution in [-0.4, -0.2) is 167 Å². The lowest BCUT2D eigenvalue weighted by Gasteiger charge is -2.70. The Bertz CT molecular complexity index is 5200. The standard InChI is InChI=1S/C22H23ClF3N3O3.C22H23F4N3O3.C21H21ClF3N3O4.C21H22ClF2N3O4/c1-13-4-15(2-3-17(13)23)31-8-19(30)28-20-9-21(10-20,11-20)29-7-18(27-12-29)14-5-16(6-14)32-22(24,25)26;1-13-2-3-14(4-17(13)23)18-7-29(12-27-18)21-9-20(10-21,11-21)28-19(30)8-31-15-5-16(6-15)32-22(24,25)26;1-19(24,25)32-13-4-11(5-13)17-27-28-18(31-17)20-8-21(9-20,10-20)26-16(29)7-30-12-2-3-14(22)15(23)6-12;1-19(23,24)31-15-6-12(7-15)17-26-27-18(30-17)20-9-21(10-20,11-20)25-16(28)8-29-14-4-2-13(22)3-5-14/h2-4,7,12,14,16H,5-6,8-11H2,1H3,(H,28,30);2-4,7,12,15-16H,5-6,8-11H2,1H3,(H,28,30);2-3,6,11,13H,4-5,7-10H2,1H3,(H,26,29);2-5,12,15H,6-11H2,1H3,(H,25,28). The maximum absolute atomic E-state index is 13.8. The highest BCUT2D eigenvalue weighted by atomic mass is 35.5. The molecule has 0 saturated heterocycles. The molecule has 0 radical (unpaired) electrons. The van der Waals surface area contributed by atoms with Crippen LogP contribution in [0.5, 0.6) is 17.2 Å². The highest BCUT2D eigenvalue weighted by molar-refractivity contribution is 6.31. The Kier molecular flexibility index (Phi) is 23.5. The number of hydrogen-bond donors (Lipinski definition) is 4. The second kappa shape index (κ2) is 33.3. The molecule has 4 aromatic heterocycles. The Morgan fingerprint density at radius 2 is 0.850 bits per heavy atom. The van der Waals surface area contributed by atoms with Crippen molar-refractivity contribution in [3.05, 3.63) is 171 Å². The number of aromatic nitrogens is 8. The van der Waals surface area contributed by atoms with Crippen LogP contribution >= 0.6 is 34.8 Å². The number of imidazole rings is 2. The van der Waals surface area contributed by atoms with Gasteiger partial charge >= 0.3 is 24.9 Å². The summed E-state index contributed by atoms with van der Waals surface area (Å²) in [6.07, 6.45) is 0.519. The highest BCUT2D eigenvalue weighted by Gasteiger charge is 2.74. The predicted octanol–water partition coefficient (Wildman–Crippen LogP) is 16.4. The number of hydrogen-bond acceptors (Lipinski definition) is 20. The van der Waals surface area contributed by atoms with E-state index in [-0.39, 0.29) is 147 Å². The average Bonchev–Trinajstić information content (AvgIpc) is 1.63. The summed E-state index contributed by atoms with van der Waals surface area (Å²) >= 11 is 17.5. The van der Waals surface area contributed by atoms with E-state index in [9.17, 15) is 71.9 Å². The molecule has 682 valence electrons. The Morgan fingerprint density at radius 3 is 1.31 bits per heavy atom. The number of aryl methyl sites for hydroxylation is 2. The SMILES string of the molecule is CC(F)(F)OC1CC(c2nnc(C34CC(NC(=O)COc5ccc(Cl)c(F)c5)(C3)C4)o2)C1.CC(F)(F)OC1CC(c2nnc(C34CC(NC(=O)COc5ccc(Cl)cc5)(C3)C4)o2)C1.Cc1cc(OCC(=O)NC23CC(n4cnc(C5CC(OC(F)(F)F)C5)c4)(C2)C3)ccc1Cl.Cc1ccc(-c2cn(C34CC(NC(=O)COC5CC(OC(F)(F)F)C5)(C3)C4)cn2)cc1F. The van der Waals surface area contributed by atoms with Crippen LogP contribution < -0.4 is 35.5 Å². The summed E-state index contributed by atoms with van der Waals surface area (Å²) in [6, 6.07) is 21.1. The van der Waals surface area contributed by atoms with E-state index in [4.69, 9.17) is 62.6 Å². The Labute approximate surface area is 733 Å². The summed E-state index contributed by atoms with van der Waals surface area (Å²) in [7, 11) is 0. The zero-order valence-corrected chi connectivity index (χ0v) is 71.1. The second-order valence-corrected chi connectivity index (χ2v) is 38.1. The molecule has 26 nitrogen and oxygen atoms in total. The first-order chi connectivity index (χ1) is 59.8. The van der Waals surface area contributed by atoms with E-state index in [0.717, 1.165) is 94.5 Å². The monoisotopic (exact) mass is 1850 g/mol. The molecule has 4 aromatic carbocycles. The summed E-state index contributed by atoms with van der Waals surface area (Å²) < 4.78 is 207. The maximum Gasteiger partial charge on any atom is 0.522 e. The van der Waals surface area contributed by atoms with Crippen molar-refractivity contribution in [3.63, 3.8) is 0 Å². The number of ether oxygens (including phenoxy) is 8. The minimum atomic E-state index is -4.64. The molecule has 0 spiro atoms. The number of rotatable bonds is 30. The fraction of sp³-hybridized carbons (Fsp3) is 0.558. The molecule has 0 atom stereocenters. The smallest absolute Gasteiger partial charge is 0.484 e. The normalized spacial score (nSPS) is 30.8. The van der Waals surface area contributed by atoms with Gasteiger partial charge in [-0.25, -0.2) is 18.7 Å². The van der Waals surface area contributed by atoms with E-state index in [1.165, 1.54) is 18.2 Å². The van der Waals surface area contributed by atoms with E-state index < -0.39 is 55.2 Å². The Balaban J connectivity index is 0.000000119. The van der Waals surface area contributed by atoms with E-state index in [0.29, 0.717) is 114 Å². The molecule has 4 N–H and O–H groups in total. The molecule has 8 bridgehead atoms. The van der Waals surface area contributed by atoms with Crippen LogP contribution in [0.4, 0.5) is 52.7 Å². The van der Waals surface area contributed by atoms with E-state index in [1.807, 2.05) is 30.0 Å². The van der Waals surface area contributed by atoms with Crippen molar-refractivity contribution in [1.29, 1.82) is 0 Å². The number of carbonyl (C=O) groups is 4. The van der Waals surface area contributed by atoms with E-state index in [1.54, 1.807) is 68.1 Å². The van der Waals surface area contributed by atoms with E-state index in [2.05, 4.69) is 75.1 Å². The van der Waals surface area contributed by atoms with Gasteiger partial charge in [0, 0.05) is 101 Å². The van der Waals surface area contributed by atoms with Gasteiger partial charge in [-0.1, -0.05) is 46.9 Å². The molecule has 0 unspecified atom stereocenters. The van der Waals surface area contributed by atoms with Gasteiger partial charge in [0.15, 0.2) is 19.8 Å². The molecule has 16 aliphatic rings. The molecule has 16 saturated carbocycles. The predicted molar refractivity (Wildman–Crippen MR) is 425 cm³/mol. The zero-order chi connectivity index (χ0) is 90.0. The molecule has 0 aliphatic heterocycles. The van der Waals surface area contributed by atoms with Gasteiger partial charge in [-0.3, -0.25) is 28.7 Å². The molecule has 41 heteroatoms. The number of alkyl halides is 10. The van der Waals surface area contributed by atoms with Crippen molar-refractivity contribution in [3.8, 4) is 28.5 Å². The fourth-order valence-electron chi connectivity index (χ4n) is 20.2. The minimum Gasteiger partial charge on any atom is -0.484 e. The maximum atomic E-state index is 13.8. The third kappa shape index (κ3) is 19.6. The van der Waals surface area contributed by atoms with Crippen LogP contribution in [0.25, 0.3) is 11.3 Å². The van der Waals surface area contributed by atoms with Crippen LogP contribution in [-0.2, 0) is 64.8 Å². The van der Waals surface area contributed by atoms with Crippen LogP contribution in [0.1, 0.15) is 200 Å². The zero-order valence-electron chi connectivity index (χ0n) is 68.9. The van der Waals surface area contributed by atoms with Crippen LogP contribution in [0, 0.1) is 25.5 Å². The van der Waals surface area contributed by atoms with Crippen molar-refractivity contribution < 1.29 is 119 Å². The molecule has 16 aliphatic carbocycles. The van der Waals surface area contributed by atoms with Crippen LogP contribution in [0.2, 0.25) is 15.1 Å². The highest BCUT2D eigenvalue weighted by Crippen LogP contribution is 2.70. The van der Waals surface area contributed by atoms with Crippen LogP contribution in [0.3, 0.4) is 0 Å². The van der Waals surface area contributed by atoms with Crippen molar-refractivity contribution in [2.75, 3.05) is 26.4 Å². The third-order valence-corrected chi connectivity index (χ3v) is 27.4. The Hall–Kier alpha value is -9.31. The molecule has 4 amide bonds. The van der Waals surface area contributed by atoms with Crippen molar-refractivity contribution in [1.82, 2.24) is 60.8 Å². The first-order valence-corrected chi connectivity index (χ1v) is 42.8. The molecule has 24 rings (SSSR count). The lowest BCUT2D eigenvalue weighted by atomic mass is 9.39. The van der Waals surface area contributed by atoms with E-state index >= 15 is 0 Å². The van der Waals surface area contributed by atoms with Gasteiger partial charge in [0.25, 0.3) is 17.7 Å². The van der Waals surface area contributed by atoms with Gasteiger partial charge in [-0.2, -0.15) is 17.6 Å². The lowest BCUT2D eigenvalue weighted by Crippen LogP contribution is -2.78. The molecular formula is C86H89Cl3F12N12O14. The number of nitrogens with zero attached hydrogens (tertiary/aromatic N) is 8. The second-order valence-electron chi connectivity index (χ2n) is 36.9. The first kappa shape index (κ1) is 89.7. The lowest BCUT2D eigenvalue weighted by molar-refractivity contribution is -0.357. The first-order valence-electron chi connectivity index (χ1n) is 41.6. The molecule has 16 fully saturated rings. The van der Waals surface area contributed by atoms with Gasteiger partial charge in [-0.15, -0.1) is 46.7 Å². The summed E-state index contributed by atoms with van der Waals surface area (Å²) in [6.45, 7) is 4.52. The largest absolute Gasteiger partial charge is 0.522 e. The summed E-state index contributed by atoms with van der Waals surface area (Å²) in [5.74, 6) is 1.53. The quantitative estimate of drug-likeness (QED) is 0.0304. The number of halogens is 15. The molecule has 4 heterocycles. The topological polar surface area (TPSA) is 304 Å².